The molecule has 6 nitrogen and oxygen atoms in total. The standard InChI is InChI=1S/C17H18FN5O/c1-22(2)10-9-20-17(24)13-11-21-23-15(7-8-19-16(13)23)12-5-3-4-6-14(12)18/h3-8,11H,9-10H2,1-2H3,(H,20,24). The Kier molecular flexibility index (Phi) is 4.52. The molecule has 0 aliphatic heterocycles. The summed E-state index contributed by atoms with van der Waals surface area (Å²) in [6, 6.07) is 8.11. The first-order valence-electron chi connectivity index (χ1n) is 7.58. The average molecular weight is 327 g/mol. The van der Waals surface area contributed by atoms with E-state index in [1.807, 2.05) is 19.0 Å². The van der Waals surface area contributed by atoms with Gasteiger partial charge in [0.1, 0.15) is 11.4 Å². The van der Waals surface area contributed by atoms with Crippen molar-refractivity contribution in [2.24, 2.45) is 0 Å². The van der Waals surface area contributed by atoms with Crippen LogP contribution in [0.4, 0.5) is 4.39 Å². The summed E-state index contributed by atoms with van der Waals surface area (Å²) in [6.45, 7) is 1.26. The molecule has 2 heterocycles. The van der Waals surface area contributed by atoms with E-state index in [0.29, 0.717) is 29.0 Å². The number of amides is 1. The number of carbonyl (C=O) groups excluding carboxylic acids is 1. The maximum atomic E-state index is 14.1. The molecule has 2 aromatic heterocycles. The molecule has 0 saturated carbocycles. The molecule has 0 aliphatic carbocycles. The zero-order valence-corrected chi connectivity index (χ0v) is 13.5. The normalized spacial score (nSPS) is 11.2. The largest absolute Gasteiger partial charge is 0.351 e. The summed E-state index contributed by atoms with van der Waals surface area (Å²) in [5, 5.41) is 7.05. The minimum atomic E-state index is -0.350. The third-order valence-corrected chi connectivity index (χ3v) is 3.64. The predicted molar refractivity (Wildman–Crippen MR) is 89.3 cm³/mol. The van der Waals surface area contributed by atoms with E-state index in [-0.39, 0.29) is 11.7 Å². The highest BCUT2D eigenvalue weighted by Gasteiger charge is 2.17. The molecule has 1 aromatic carbocycles. The van der Waals surface area contributed by atoms with E-state index in [9.17, 15) is 9.18 Å². The molecule has 0 aliphatic rings. The van der Waals surface area contributed by atoms with Gasteiger partial charge < -0.3 is 10.2 Å². The quantitative estimate of drug-likeness (QED) is 0.776. The number of carbonyl (C=O) groups is 1. The second kappa shape index (κ2) is 6.76. The van der Waals surface area contributed by atoms with Crippen molar-refractivity contribution >= 4 is 11.6 Å². The molecule has 3 rings (SSSR count). The van der Waals surface area contributed by atoms with Gasteiger partial charge in [0.25, 0.3) is 5.91 Å². The van der Waals surface area contributed by atoms with E-state index in [1.54, 1.807) is 30.5 Å². The van der Waals surface area contributed by atoms with Crippen LogP contribution >= 0.6 is 0 Å². The zero-order valence-electron chi connectivity index (χ0n) is 13.5. The van der Waals surface area contributed by atoms with E-state index in [4.69, 9.17) is 0 Å². The number of rotatable bonds is 5. The Hall–Kier alpha value is -2.80. The number of hydrogen-bond donors (Lipinski definition) is 1. The van der Waals surface area contributed by atoms with Crippen molar-refractivity contribution in [3.63, 3.8) is 0 Å². The van der Waals surface area contributed by atoms with Crippen LogP contribution in [0.15, 0.2) is 42.7 Å². The summed E-state index contributed by atoms with van der Waals surface area (Å²) in [6.07, 6.45) is 3.01. The Balaban J connectivity index is 1.95. The molecule has 3 aromatic rings. The molecule has 124 valence electrons. The van der Waals surface area contributed by atoms with Crippen LogP contribution in [-0.2, 0) is 0 Å². The second-order valence-electron chi connectivity index (χ2n) is 5.66. The zero-order chi connectivity index (χ0) is 17.1. The number of hydrogen-bond acceptors (Lipinski definition) is 4. The maximum absolute atomic E-state index is 14.1. The van der Waals surface area contributed by atoms with Gasteiger partial charge in [0.05, 0.1) is 11.9 Å². The fraction of sp³-hybridized carbons (Fsp3) is 0.235. The number of benzene rings is 1. The van der Waals surface area contributed by atoms with Crippen molar-refractivity contribution < 1.29 is 9.18 Å². The molecule has 1 amide bonds. The molecule has 0 unspecified atom stereocenters. The Labute approximate surface area is 138 Å². The molecule has 7 heteroatoms. The molecule has 0 radical (unpaired) electrons. The highest BCUT2D eigenvalue weighted by Crippen LogP contribution is 2.23. The number of fused-ring (bicyclic) bond motifs is 1. The van der Waals surface area contributed by atoms with Gasteiger partial charge in [-0.25, -0.2) is 13.9 Å². The lowest BCUT2D eigenvalue weighted by atomic mass is 10.1. The Morgan fingerprint density at radius 3 is 2.83 bits per heavy atom. The van der Waals surface area contributed by atoms with Crippen molar-refractivity contribution in [3.8, 4) is 11.3 Å². The van der Waals surface area contributed by atoms with Crippen molar-refractivity contribution in [2.75, 3.05) is 27.2 Å². The van der Waals surface area contributed by atoms with E-state index < -0.39 is 0 Å². The van der Waals surface area contributed by atoms with Gasteiger partial charge in [-0.3, -0.25) is 4.79 Å². The lowest BCUT2D eigenvalue weighted by molar-refractivity contribution is 0.0952. The van der Waals surface area contributed by atoms with E-state index in [2.05, 4.69) is 15.4 Å². The van der Waals surface area contributed by atoms with Crippen LogP contribution in [0.1, 0.15) is 10.4 Å². The van der Waals surface area contributed by atoms with Gasteiger partial charge in [-0.15, -0.1) is 0 Å². The van der Waals surface area contributed by atoms with Crippen molar-refractivity contribution in [1.82, 2.24) is 24.8 Å². The summed E-state index contributed by atoms with van der Waals surface area (Å²) in [5.74, 6) is -0.595. The monoisotopic (exact) mass is 327 g/mol. The summed E-state index contributed by atoms with van der Waals surface area (Å²) >= 11 is 0. The third kappa shape index (κ3) is 3.11. The minimum Gasteiger partial charge on any atom is -0.351 e. The van der Waals surface area contributed by atoms with Crippen LogP contribution in [-0.4, -0.2) is 52.6 Å². The lowest BCUT2D eigenvalue weighted by Gasteiger charge is -2.10. The molecule has 0 saturated heterocycles. The van der Waals surface area contributed by atoms with Crippen molar-refractivity contribution in [3.05, 3.63) is 54.1 Å². The molecule has 1 N–H and O–H groups in total. The second-order valence-corrected chi connectivity index (χ2v) is 5.66. The minimum absolute atomic E-state index is 0.245. The van der Waals surface area contributed by atoms with Crippen molar-refractivity contribution in [1.29, 1.82) is 0 Å². The number of nitrogens with one attached hydrogen (secondary N) is 1. The van der Waals surface area contributed by atoms with E-state index in [1.165, 1.54) is 16.8 Å². The number of aromatic nitrogens is 3. The molecule has 0 spiro atoms. The Bertz CT molecular complexity index is 874. The van der Waals surface area contributed by atoms with Crippen LogP contribution in [0.25, 0.3) is 16.9 Å². The SMILES string of the molecule is CN(C)CCNC(=O)c1cnn2c(-c3ccccc3F)ccnc12. The van der Waals surface area contributed by atoms with Gasteiger partial charge in [0.2, 0.25) is 0 Å². The third-order valence-electron chi connectivity index (χ3n) is 3.64. The Morgan fingerprint density at radius 2 is 2.08 bits per heavy atom. The predicted octanol–water partition coefficient (Wildman–Crippen LogP) is 1.83. The smallest absolute Gasteiger partial charge is 0.256 e. The highest BCUT2D eigenvalue weighted by atomic mass is 19.1. The van der Waals surface area contributed by atoms with Crippen LogP contribution in [0.3, 0.4) is 0 Å². The lowest BCUT2D eigenvalue weighted by Crippen LogP contribution is -2.31. The molecule has 0 fully saturated rings. The van der Waals surface area contributed by atoms with E-state index >= 15 is 0 Å². The molecule has 0 bridgehead atoms. The topological polar surface area (TPSA) is 62.5 Å². The van der Waals surface area contributed by atoms with Crippen molar-refractivity contribution in [2.45, 2.75) is 0 Å². The van der Waals surface area contributed by atoms with Crippen LogP contribution < -0.4 is 5.32 Å². The molecular weight excluding hydrogens is 309 g/mol. The van der Waals surface area contributed by atoms with Crippen LogP contribution in [0.2, 0.25) is 0 Å². The van der Waals surface area contributed by atoms with E-state index in [0.717, 1.165) is 6.54 Å². The Morgan fingerprint density at radius 1 is 1.29 bits per heavy atom. The van der Waals surface area contributed by atoms with Gasteiger partial charge in [0.15, 0.2) is 5.65 Å². The van der Waals surface area contributed by atoms with Gasteiger partial charge in [0, 0.05) is 24.8 Å². The first-order valence-corrected chi connectivity index (χ1v) is 7.58. The summed E-state index contributed by atoms with van der Waals surface area (Å²) in [4.78, 5) is 18.5. The average Bonchev–Trinajstić information content (AvgIpc) is 2.99. The number of nitrogens with zero attached hydrogens (tertiary/aromatic N) is 4. The van der Waals surface area contributed by atoms with Crippen LogP contribution in [0.5, 0.6) is 0 Å². The van der Waals surface area contributed by atoms with Gasteiger partial charge >= 0.3 is 0 Å². The maximum Gasteiger partial charge on any atom is 0.256 e. The van der Waals surface area contributed by atoms with Gasteiger partial charge in [-0.05, 0) is 32.3 Å². The fourth-order valence-corrected chi connectivity index (χ4v) is 2.41. The number of halogens is 1. The summed E-state index contributed by atoms with van der Waals surface area (Å²) < 4.78 is 15.6. The fourth-order valence-electron chi connectivity index (χ4n) is 2.41. The molecule has 0 atom stereocenters. The molecule has 24 heavy (non-hydrogen) atoms. The number of likely N-dealkylation sites (N-methyl/N-ethyl adjacent to an activating group) is 1. The molecular formula is C17H18FN5O. The van der Waals surface area contributed by atoms with Gasteiger partial charge in [-0.1, -0.05) is 12.1 Å². The first kappa shape index (κ1) is 16.1. The summed E-state index contributed by atoms with van der Waals surface area (Å²) in [7, 11) is 3.87. The highest BCUT2D eigenvalue weighted by molar-refractivity contribution is 5.99. The summed E-state index contributed by atoms with van der Waals surface area (Å²) in [5.41, 5.74) is 1.73. The van der Waals surface area contributed by atoms with Gasteiger partial charge in [-0.2, -0.15) is 5.10 Å². The van der Waals surface area contributed by atoms with Crippen LogP contribution in [0, 0.1) is 5.82 Å². The first-order chi connectivity index (χ1) is 11.6.